The molecule has 5 nitrogen and oxygen atoms in total. The fraction of sp³-hybridized carbons (Fsp3) is 0.0833. The Bertz CT molecular complexity index is 646. The molecule has 1 amide bonds. The molecule has 0 aliphatic heterocycles. The number of aromatic nitrogens is 1. The Morgan fingerprint density at radius 3 is 2.65 bits per heavy atom. The first-order chi connectivity index (χ1) is 9.49. The number of rotatable bonds is 4. The minimum absolute atomic E-state index is 0.0993. The van der Waals surface area contributed by atoms with E-state index in [0.717, 1.165) is 0 Å². The van der Waals surface area contributed by atoms with E-state index in [1.54, 1.807) is 17.5 Å². The SMILES string of the molecule is O=C(NC(C(=O)O)c1cccs1)c1nc(Cl)ccc1Cl. The van der Waals surface area contributed by atoms with Crippen molar-refractivity contribution in [3.63, 3.8) is 0 Å². The fourth-order valence-electron chi connectivity index (χ4n) is 1.49. The molecule has 0 fully saturated rings. The maximum absolute atomic E-state index is 12.1. The van der Waals surface area contributed by atoms with Crippen LogP contribution < -0.4 is 5.32 Å². The molecule has 2 rings (SSSR count). The number of carboxylic acid groups (broad SMARTS) is 1. The van der Waals surface area contributed by atoms with Crippen LogP contribution in [0.15, 0.2) is 29.6 Å². The molecular weight excluding hydrogens is 323 g/mol. The van der Waals surface area contributed by atoms with E-state index >= 15 is 0 Å². The Morgan fingerprint density at radius 1 is 1.30 bits per heavy atom. The zero-order valence-corrected chi connectivity index (χ0v) is 12.2. The van der Waals surface area contributed by atoms with Crippen molar-refractivity contribution < 1.29 is 14.7 Å². The van der Waals surface area contributed by atoms with Gasteiger partial charge in [0.05, 0.1) is 5.02 Å². The van der Waals surface area contributed by atoms with Gasteiger partial charge in [-0.05, 0) is 23.6 Å². The normalized spacial score (nSPS) is 11.9. The average Bonchev–Trinajstić information content (AvgIpc) is 2.91. The van der Waals surface area contributed by atoms with E-state index in [-0.39, 0.29) is 15.9 Å². The van der Waals surface area contributed by atoms with Crippen molar-refractivity contribution in [1.82, 2.24) is 10.3 Å². The van der Waals surface area contributed by atoms with Crippen molar-refractivity contribution in [2.75, 3.05) is 0 Å². The fourth-order valence-corrected chi connectivity index (χ4v) is 2.59. The summed E-state index contributed by atoms with van der Waals surface area (Å²) in [5.41, 5.74) is -0.109. The summed E-state index contributed by atoms with van der Waals surface area (Å²) in [5, 5.41) is 13.5. The third-order valence-corrected chi connectivity index (χ3v) is 3.83. The number of carbonyl (C=O) groups excluding carboxylic acids is 1. The first kappa shape index (κ1) is 14.8. The Morgan fingerprint density at radius 2 is 2.05 bits per heavy atom. The van der Waals surface area contributed by atoms with Gasteiger partial charge in [-0.15, -0.1) is 11.3 Å². The first-order valence-corrected chi connectivity index (χ1v) is 7.01. The van der Waals surface area contributed by atoms with E-state index in [1.807, 2.05) is 0 Å². The predicted octanol–water partition coefficient (Wildman–Crippen LogP) is 3.01. The zero-order valence-electron chi connectivity index (χ0n) is 9.84. The lowest BCUT2D eigenvalue weighted by atomic mass is 10.2. The van der Waals surface area contributed by atoms with Crippen LogP contribution in [0.2, 0.25) is 10.2 Å². The molecule has 0 bridgehead atoms. The lowest BCUT2D eigenvalue weighted by molar-refractivity contribution is -0.139. The summed E-state index contributed by atoms with van der Waals surface area (Å²) < 4.78 is 0. The summed E-state index contributed by atoms with van der Waals surface area (Å²) in [6, 6.07) is 5.03. The summed E-state index contributed by atoms with van der Waals surface area (Å²) in [6.07, 6.45) is 0. The number of nitrogens with one attached hydrogen (secondary N) is 1. The van der Waals surface area contributed by atoms with Crippen LogP contribution in [0.5, 0.6) is 0 Å². The maximum atomic E-state index is 12.1. The molecule has 2 heterocycles. The highest BCUT2D eigenvalue weighted by Crippen LogP contribution is 2.21. The van der Waals surface area contributed by atoms with E-state index in [0.29, 0.717) is 4.88 Å². The topological polar surface area (TPSA) is 79.3 Å². The second-order valence-electron chi connectivity index (χ2n) is 3.72. The number of amides is 1. The van der Waals surface area contributed by atoms with Crippen molar-refractivity contribution in [1.29, 1.82) is 0 Å². The molecule has 0 saturated carbocycles. The molecule has 2 N–H and O–H groups in total. The molecule has 0 aliphatic carbocycles. The number of carboxylic acids is 1. The van der Waals surface area contributed by atoms with Gasteiger partial charge >= 0.3 is 5.97 Å². The number of nitrogens with zero attached hydrogens (tertiary/aromatic N) is 1. The van der Waals surface area contributed by atoms with Gasteiger partial charge in [-0.1, -0.05) is 29.3 Å². The van der Waals surface area contributed by atoms with Crippen LogP contribution >= 0.6 is 34.5 Å². The van der Waals surface area contributed by atoms with Gasteiger partial charge in [-0.2, -0.15) is 0 Å². The summed E-state index contributed by atoms with van der Waals surface area (Å²) in [6.45, 7) is 0. The number of pyridine rings is 1. The van der Waals surface area contributed by atoms with Crippen LogP contribution in [0.1, 0.15) is 21.4 Å². The molecule has 0 aliphatic rings. The van der Waals surface area contributed by atoms with Crippen LogP contribution in [0.4, 0.5) is 0 Å². The Labute approximate surface area is 128 Å². The Kier molecular flexibility index (Phi) is 4.59. The monoisotopic (exact) mass is 330 g/mol. The van der Waals surface area contributed by atoms with E-state index in [4.69, 9.17) is 23.2 Å². The summed E-state index contributed by atoms with van der Waals surface area (Å²) >= 11 is 12.8. The van der Waals surface area contributed by atoms with Gasteiger partial charge in [0, 0.05) is 4.88 Å². The number of hydrogen-bond acceptors (Lipinski definition) is 4. The Hall–Kier alpha value is -1.63. The first-order valence-electron chi connectivity index (χ1n) is 5.38. The number of halogens is 2. The second-order valence-corrected chi connectivity index (χ2v) is 5.50. The summed E-state index contributed by atoms with van der Waals surface area (Å²) in [7, 11) is 0. The van der Waals surface area contributed by atoms with E-state index in [2.05, 4.69) is 10.3 Å². The Balaban J connectivity index is 2.25. The average molecular weight is 331 g/mol. The van der Waals surface area contributed by atoms with Crippen LogP contribution in [0.3, 0.4) is 0 Å². The van der Waals surface area contributed by atoms with Gasteiger partial charge in [0.25, 0.3) is 5.91 Å². The van der Waals surface area contributed by atoms with Crippen molar-refractivity contribution in [3.05, 3.63) is 50.4 Å². The molecule has 0 saturated heterocycles. The molecule has 2 aromatic heterocycles. The van der Waals surface area contributed by atoms with Gasteiger partial charge in [0.15, 0.2) is 6.04 Å². The van der Waals surface area contributed by atoms with E-state index in [9.17, 15) is 14.7 Å². The molecule has 0 aromatic carbocycles. The molecule has 0 spiro atoms. The zero-order chi connectivity index (χ0) is 14.7. The van der Waals surface area contributed by atoms with Gasteiger partial charge in [-0.25, -0.2) is 9.78 Å². The smallest absolute Gasteiger partial charge is 0.331 e. The number of aliphatic carboxylic acids is 1. The number of thiophene rings is 1. The highest BCUT2D eigenvalue weighted by atomic mass is 35.5. The highest BCUT2D eigenvalue weighted by molar-refractivity contribution is 7.10. The predicted molar refractivity (Wildman–Crippen MR) is 76.4 cm³/mol. The lowest BCUT2D eigenvalue weighted by Crippen LogP contribution is -2.33. The van der Waals surface area contributed by atoms with Crippen LogP contribution in [0, 0.1) is 0 Å². The van der Waals surface area contributed by atoms with Crippen LogP contribution in [-0.4, -0.2) is 22.0 Å². The molecule has 1 atom stereocenters. The van der Waals surface area contributed by atoms with Gasteiger partial charge in [-0.3, -0.25) is 4.79 Å². The van der Waals surface area contributed by atoms with Gasteiger partial charge in [0.2, 0.25) is 0 Å². The van der Waals surface area contributed by atoms with Gasteiger partial charge in [0.1, 0.15) is 10.8 Å². The molecule has 104 valence electrons. The number of carbonyl (C=O) groups is 2. The summed E-state index contributed by atoms with van der Waals surface area (Å²) in [4.78, 5) is 27.6. The minimum atomic E-state index is -1.17. The van der Waals surface area contributed by atoms with Crippen LogP contribution in [-0.2, 0) is 4.79 Å². The van der Waals surface area contributed by atoms with Crippen molar-refractivity contribution >= 4 is 46.4 Å². The molecule has 8 heteroatoms. The van der Waals surface area contributed by atoms with Crippen molar-refractivity contribution in [2.24, 2.45) is 0 Å². The lowest BCUT2D eigenvalue weighted by Gasteiger charge is -2.13. The highest BCUT2D eigenvalue weighted by Gasteiger charge is 2.25. The van der Waals surface area contributed by atoms with E-state index < -0.39 is 17.9 Å². The van der Waals surface area contributed by atoms with Crippen LogP contribution in [0.25, 0.3) is 0 Å². The summed E-state index contributed by atoms with van der Waals surface area (Å²) in [5.74, 6) is -1.86. The van der Waals surface area contributed by atoms with E-state index in [1.165, 1.54) is 23.5 Å². The van der Waals surface area contributed by atoms with Crippen molar-refractivity contribution in [2.45, 2.75) is 6.04 Å². The van der Waals surface area contributed by atoms with Crippen molar-refractivity contribution in [3.8, 4) is 0 Å². The third kappa shape index (κ3) is 3.27. The number of hydrogen-bond donors (Lipinski definition) is 2. The standard InChI is InChI=1S/C12H8Cl2N2O3S/c13-6-3-4-8(14)15-9(6)11(17)16-10(12(18)19)7-2-1-5-20-7/h1-5,10H,(H,16,17)(H,18,19). The minimum Gasteiger partial charge on any atom is -0.479 e. The largest absolute Gasteiger partial charge is 0.479 e. The molecule has 20 heavy (non-hydrogen) atoms. The molecular formula is C12H8Cl2N2O3S. The molecule has 1 unspecified atom stereocenters. The van der Waals surface area contributed by atoms with Gasteiger partial charge < -0.3 is 10.4 Å². The quantitative estimate of drug-likeness (QED) is 0.844. The molecule has 0 radical (unpaired) electrons. The molecule has 2 aromatic rings. The third-order valence-electron chi connectivity index (χ3n) is 2.38. The second kappa shape index (κ2) is 6.21. The maximum Gasteiger partial charge on any atom is 0.331 e.